The van der Waals surface area contributed by atoms with E-state index >= 15 is 0 Å². The summed E-state index contributed by atoms with van der Waals surface area (Å²) >= 11 is 0. The lowest BCUT2D eigenvalue weighted by Gasteiger charge is -2.17. The Balaban J connectivity index is 1.97. The van der Waals surface area contributed by atoms with E-state index in [1.165, 1.54) is 0 Å². The van der Waals surface area contributed by atoms with Crippen LogP contribution in [0.3, 0.4) is 0 Å². The number of aryl methyl sites for hydroxylation is 1. The Morgan fingerprint density at radius 2 is 1.90 bits per heavy atom. The van der Waals surface area contributed by atoms with E-state index in [0.717, 1.165) is 11.1 Å². The van der Waals surface area contributed by atoms with Crippen LogP contribution >= 0.6 is 0 Å². The van der Waals surface area contributed by atoms with Gasteiger partial charge in [-0.05, 0) is 31.0 Å². The number of nitrogens with one attached hydrogen (secondary N) is 2. The number of aliphatic hydroxyl groups excluding tert-OH is 3. The van der Waals surface area contributed by atoms with Gasteiger partial charge in [-0.1, -0.05) is 12.1 Å². The van der Waals surface area contributed by atoms with Crippen LogP contribution in [0.1, 0.15) is 21.5 Å². The zero-order valence-corrected chi connectivity index (χ0v) is 12.2. The average Bonchev–Trinajstić information content (AvgIpc) is 2.75. The maximum Gasteiger partial charge on any atom is 0.251 e. The van der Waals surface area contributed by atoms with Gasteiger partial charge in [-0.25, -0.2) is 0 Å². The molecule has 1 heterocycles. The Kier molecular flexibility index (Phi) is 4.95. The van der Waals surface area contributed by atoms with Crippen LogP contribution in [-0.2, 0) is 0 Å². The van der Waals surface area contributed by atoms with E-state index in [9.17, 15) is 15.0 Å². The Bertz CT molecular complexity index is 520. The number of carbonyl (C=O) groups excluding carboxylic acids is 1. The number of hydrogen-bond acceptors (Lipinski definition) is 5. The first kappa shape index (κ1) is 15.9. The maximum atomic E-state index is 12.2. The van der Waals surface area contributed by atoms with Gasteiger partial charge in [0.15, 0.2) is 0 Å². The standard InChI is InChI=1S/C15H22N2O4/c1-8-4-3-5-10(9(8)2)15(21)16-6-11-13(19)14(20)12(7-18)17-11/h3-5,11-14,17-20H,6-7H2,1-2H3,(H,16,21)/t11-,12-,13-,14-/m1/s1. The molecule has 0 aromatic heterocycles. The van der Waals surface area contributed by atoms with E-state index < -0.39 is 24.3 Å². The minimum atomic E-state index is -1.03. The van der Waals surface area contributed by atoms with Gasteiger partial charge >= 0.3 is 0 Å². The molecule has 0 unspecified atom stereocenters. The highest BCUT2D eigenvalue weighted by Crippen LogP contribution is 2.15. The van der Waals surface area contributed by atoms with E-state index in [1.54, 1.807) is 6.07 Å². The van der Waals surface area contributed by atoms with Crippen LogP contribution in [-0.4, -0.2) is 58.7 Å². The fourth-order valence-corrected chi connectivity index (χ4v) is 2.58. The molecule has 4 atom stereocenters. The first-order valence-corrected chi connectivity index (χ1v) is 7.03. The van der Waals surface area contributed by atoms with Crippen molar-refractivity contribution < 1.29 is 20.1 Å². The van der Waals surface area contributed by atoms with Crippen molar-refractivity contribution in [2.45, 2.75) is 38.1 Å². The highest BCUT2D eigenvalue weighted by molar-refractivity contribution is 5.95. The summed E-state index contributed by atoms with van der Waals surface area (Å²) in [7, 11) is 0. The summed E-state index contributed by atoms with van der Waals surface area (Å²) in [6, 6.07) is 4.47. The summed E-state index contributed by atoms with van der Waals surface area (Å²) in [4.78, 5) is 12.2. The second kappa shape index (κ2) is 6.53. The SMILES string of the molecule is Cc1cccc(C(=O)NC[C@H]2N[C@H](CO)[C@@H](O)[C@@H]2O)c1C. The van der Waals surface area contributed by atoms with Crippen molar-refractivity contribution in [1.82, 2.24) is 10.6 Å². The van der Waals surface area contributed by atoms with Crippen molar-refractivity contribution in [2.24, 2.45) is 0 Å². The van der Waals surface area contributed by atoms with Crippen LogP contribution < -0.4 is 10.6 Å². The van der Waals surface area contributed by atoms with Gasteiger partial charge in [-0.15, -0.1) is 0 Å². The summed E-state index contributed by atoms with van der Waals surface area (Å²) in [5.41, 5.74) is 2.56. The minimum Gasteiger partial charge on any atom is -0.395 e. The summed E-state index contributed by atoms with van der Waals surface area (Å²) in [6.45, 7) is 3.75. The Labute approximate surface area is 123 Å². The molecular weight excluding hydrogens is 272 g/mol. The van der Waals surface area contributed by atoms with Gasteiger partial charge in [0, 0.05) is 12.1 Å². The summed E-state index contributed by atoms with van der Waals surface area (Å²) in [6.07, 6.45) is -2.04. The third-order valence-electron chi connectivity index (χ3n) is 4.13. The van der Waals surface area contributed by atoms with Crippen molar-refractivity contribution >= 4 is 5.91 Å². The van der Waals surface area contributed by atoms with E-state index in [1.807, 2.05) is 26.0 Å². The molecule has 0 bridgehead atoms. The number of carbonyl (C=O) groups is 1. The molecular formula is C15H22N2O4. The molecule has 1 saturated heterocycles. The molecule has 6 nitrogen and oxygen atoms in total. The smallest absolute Gasteiger partial charge is 0.251 e. The van der Waals surface area contributed by atoms with Gasteiger partial charge in [-0.3, -0.25) is 4.79 Å². The predicted octanol–water partition coefficient (Wildman–Crippen LogP) is -0.912. The summed E-state index contributed by atoms with van der Waals surface area (Å²) in [5, 5.41) is 34.3. The number of hydrogen-bond donors (Lipinski definition) is 5. The first-order chi connectivity index (χ1) is 9.95. The lowest BCUT2D eigenvalue weighted by molar-refractivity contribution is 0.0197. The third kappa shape index (κ3) is 3.24. The largest absolute Gasteiger partial charge is 0.395 e. The Morgan fingerprint density at radius 1 is 1.24 bits per heavy atom. The molecule has 5 N–H and O–H groups in total. The third-order valence-corrected chi connectivity index (χ3v) is 4.13. The molecule has 2 rings (SSSR count). The maximum absolute atomic E-state index is 12.2. The lowest BCUT2D eigenvalue weighted by Crippen LogP contribution is -2.44. The fourth-order valence-electron chi connectivity index (χ4n) is 2.58. The molecule has 116 valence electrons. The highest BCUT2D eigenvalue weighted by Gasteiger charge is 2.40. The molecule has 1 aromatic carbocycles. The number of aliphatic hydroxyl groups is 3. The molecule has 0 spiro atoms. The van der Waals surface area contributed by atoms with Gasteiger partial charge in [0.2, 0.25) is 0 Å². The van der Waals surface area contributed by atoms with E-state index in [4.69, 9.17) is 5.11 Å². The zero-order chi connectivity index (χ0) is 15.6. The summed E-state index contributed by atoms with van der Waals surface area (Å²) in [5.74, 6) is -0.216. The van der Waals surface area contributed by atoms with E-state index in [0.29, 0.717) is 5.56 Å². The summed E-state index contributed by atoms with van der Waals surface area (Å²) < 4.78 is 0. The predicted molar refractivity (Wildman–Crippen MR) is 78.1 cm³/mol. The van der Waals surface area contributed by atoms with Gasteiger partial charge < -0.3 is 26.0 Å². The van der Waals surface area contributed by atoms with E-state index in [2.05, 4.69) is 10.6 Å². The Morgan fingerprint density at radius 3 is 2.52 bits per heavy atom. The molecule has 21 heavy (non-hydrogen) atoms. The second-order valence-electron chi connectivity index (χ2n) is 5.50. The van der Waals surface area contributed by atoms with Crippen LogP contribution in [0.25, 0.3) is 0 Å². The van der Waals surface area contributed by atoms with Crippen molar-refractivity contribution in [3.63, 3.8) is 0 Å². The van der Waals surface area contributed by atoms with Crippen molar-refractivity contribution in [3.8, 4) is 0 Å². The van der Waals surface area contributed by atoms with Crippen LogP contribution in [0.5, 0.6) is 0 Å². The molecule has 6 heteroatoms. The highest BCUT2D eigenvalue weighted by atomic mass is 16.3. The molecule has 1 aliphatic rings. The average molecular weight is 294 g/mol. The second-order valence-corrected chi connectivity index (χ2v) is 5.50. The van der Waals surface area contributed by atoms with Crippen LogP contribution in [0, 0.1) is 13.8 Å². The molecule has 0 aliphatic carbocycles. The van der Waals surface area contributed by atoms with Gasteiger partial charge in [0.1, 0.15) is 0 Å². The molecule has 1 aliphatic heterocycles. The first-order valence-electron chi connectivity index (χ1n) is 7.03. The van der Waals surface area contributed by atoms with Crippen LogP contribution in [0.15, 0.2) is 18.2 Å². The van der Waals surface area contributed by atoms with Crippen LogP contribution in [0.4, 0.5) is 0 Å². The number of benzene rings is 1. The van der Waals surface area contributed by atoms with Crippen molar-refractivity contribution in [1.29, 1.82) is 0 Å². The quantitative estimate of drug-likeness (QED) is 0.495. The molecule has 0 saturated carbocycles. The van der Waals surface area contributed by atoms with Gasteiger partial charge in [0.25, 0.3) is 5.91 Å². The topological polar surface area (TPSA) is 102 Å². The van der Waals surface area contributed by atoms with Crippen molar-refractivity contribution in [2.75, 3.05) is 13.2 Å². The minimum absolute atomic E-state index is 0.181. The number of amides is 1. The molecule has 1 aromatic rings. The normalized spacial score (nSPS) is 28.6. The van der Waals surface area contributed by atoms with Gasteiger partial charge in [0.05, 0.1) is 30.9 Å². The van der Waals surface area contributed by atoms with E-state index in [-0.39, 0.29) is 19.1 Å². The molecule has 1 amide bonds. The fraction of sp³-hybridized carbons (Fsp3) is 0.533. The van der Waals surface area contributed by atoms with Crippen LogP contribution in [0.2, 0.25) is 0 Å². The monoisotopic (exact) mass is 294 g/mol. The Hall–Kier alpha value is -1.47. The number of rotatable bonds is 4. The molecule has 1 fully saturated rings. The zero-order valence-electron chi connectivity index (χ0n) is 12.2. The lowest BCUT2D eigenvalue weighted by atomic mass is 10.0. The van der Waals surface area contributed by atoms with Gasteiger partial charge in [-0.2, -0.15) is 0 Å². The molecule has 0 radical (unpaired) electrons. The van der Waals surface area contributed by atoms with Crippen molar-refractivity contribution in [3.05, 3.63) is 34.9 Å².